The lowest BCUT2D eigenvalue weighted by Crippen LogP contribution is -2.28. The molecule has 0 heterocycles. The van der Waals surface area contributed by atoms with Crippen LogP contribution in [0, 0.1) is 0 Å². The average molecular weight is 244 g/mol. The normalized spacial score (nSPS) is 22.2. The smallest absolute Gasteiger partial charge is 0.0902 e. The molecule has 0 amide bonds. The molecule has 2 rings (SSSR count). The molecule has 2 nitrogen and oxygen atoms in total. The zero-order chi connectivity index (χ0) is 13.0. The lowest BCUT2D eigenvalue weighted by Gasteiger charge is -2.22. The third-order valence-corrected chi connectivity index (χ3v) is 4.16. The van der Waals surface area contributed by atoms with Crippen LogP contribution in [0.4, 0.5) is 0 Å². The van der Waals surface area contributed by atoms with E-state index in [2.05, 4.69) is 54.7 Å². The number of benzene rings is 1. The van der Waals surface area contributed by atoms with Crippen molar-refractivity contribution >= 4 is 6.72 Å². The molecule has 2 unspecified atom stereocenters. The van der Waals surface area contributed by atoms with Crippen LogP contribution in [0.3, 0.4) is 0 Å². The van der Waals surface area contributed by atoms with Crippen molar-refractivity contribution in [2.45, 2.75) is 38.5 Å². The van der Waals surface area contributed by atoms with Crippen LogP contribution < -0.4 is 0 Å². The third kappa shape index (κ3) is 2.64. The molecule has 98 valence electrons. The summed E-state index contributed by atoms with van der Waals surface area (Å²) in [6, 6.07) is 8.97. The van der Waals surface area contributed by atoms with Gasteiger partial charge in [-0.15, -0.1) is 0 Å². The zero-order valence-corrected chi connectivity index (χ0v) is 11.6. The van der Waals surface area contributed by atoms with Crippen LogP contribution in [0.5, 0.6) is 0 Å². The number of hydrogen-bond donors (Lipinski definition) is 0. The first-order chi connectivity index (χ1) is 8.80. The van der Waals surface area contributed by atoms with Crippen LogP contribution in [-0.4, -0.2) is 31.4 Å². The van der Waals surface area contributed by atoms with Crippen LogP contribution in [0.25, 0.3) is 0 Å². The molecule has 18 heavy (non-hydrogen) atoms. The fourth-order valence-corrected chi connectivity index (χ4v) is 3.15. The van der Waals surface area contributed by atoms with Gasteiger partial charge in [-0.3, -0.25) is 9.89 Å². The maximum atomic E-state index is 4.02. The molecule has 0 aromatic heterocycles. The van der Waals surface area contributed by atoms with Gasteiger partial charge in [0.25, 0.3) is 0 Å². The second-order valence-corrected chi connectivity index (χ2v) is 5.20. The van der Waals surface area contributed by atoms with Crippen molar-refractivity contribution < 1.29 is 0 Å². The molecule has 1 aromatic rings. The van der Waals surface area contributed by atoms with Crippen molar-refractivity contribution in [1.82, 2.24) is 4.90 Å². The maximum Gasteiger partial charge on any atom is 0.0902 e. The Hall–Kier alpha value is -1.15. The molecule has 0 N–H and O–H groups in total. The largest absolute Gasteiger partial charge is 0.285 e. The second-order valence-electron chi connectivity index (χ2n) is 5.20. The minimum atomic E-state index is 0.674. The molecule has 0 saturated carbocycles. The first kappa shape index (κ1) is 13.3. The molecule has 0 spiro atoms. The van der Waals surface area contributed by atoms with Crippen molar-refractivity contribution in [3.05, 3.63) is 35.4 Å². The van der Waals surface area contributed by atoms with Gasteiger partial charge in [-0.25, -0.2) is 0 Å². The topological polar surface area (TPSA) is 15.6 Å². The van der Waals surface area contributed by atoms with Crippen molar-refractivity contribution in [3.63, 3.8) is 0 Å². The predicted octanol–water partition coefficient (Wildman–Crippen LogP) is 3.65. The number of likely N-dealkylation sites (N-methyl/N-ethyl adjacent to an activating group) is 1. The summed E-state index contributed by atoms with van der Waals surface area (Å²) < 4.78 is 0. The molecule has 0 fully saturated rings. The monoisotopic (exact) mass is 244 g/mol. The van der Waals surface area contributed by atoms with Gasteiger partial charge in [0.05, 0.1) is 6.67 Å². The van der Waals surface area contributed by atoms with Crippen molar-refractivity contribution in [2.75, 3.05) is 19.8 Å². The molecule has 2 atom stereocenters. The van der Waals surface area contributed by atoms with Gasteiger partial charge < -0.3 is 0 Å². The van der Waals surface area contributed by atoms with Crippen LogP contribution in [0.2, 0.25) is 0 Å². The highest BCUT2D eigenvalue weighted by molar-refractivity contribution is 5.38. The highest BCUT2D eigenvalue weighted by atomic mass is 15.2. The second kappa shape index (κ2) is 6.14. The third-order valence-electron chi connectivity index (χ3n) is 4.16. The van der Waals surface area contributed by atoms with Gasteiger partial charge in [0, 0.05) is 6.54 Å². The summed E-state index contributed by atoms with van der Waals surface area (Å²) in [7, 11) is 0. The Morgan fingerprint density at radius 1 is 1.22 bits per heavy atom. The van der Waals surface area contributed by atoms with E-state index in [-0.39, 0.29) is 0 Å². The van der Waals surface area contributed by atoms with Gasteiger partial charge in [-0.2, -0.15) is 0 Å². The number of nitrogens with zero attached hydrogens (tertiary/aromatic N) is 2. The number of aliphatic imine (C=N–C) groups is 1. The van der Waals surface area contributed by atoms with Gasteiger partial charge in [-0.1, -0.05) is 38.1 Å². The predicted molar refractivity (Wildman–Crippen MR) is 78.5 cm³/mol. The van der Waals surface area contributed by atoms with E-state index in [4.69, 9.17) is 0 Å². The Labute approximate surface area is 111 Å². The Bertz CT molecular complexity index is 400. The standard InChI is InChI=1S/C16H24N2/c1-4-13-10-14(11-18(5-2)12-17-3)16-9-7-6-8-15(13)16/h6-9,13-14H,3-5,10-12H2,1-2H3. The lowest BCUT2D eigenvalue weighted by atomic mass is 9.99. The minimum Gasteiger partial charge on any atom is -0.285 e. The number of hydrogen-bond acceptors (Lipinski definition) is 2. The fraction of sp³-hybridized carbons (Fsp3) is 0.562. The summed E-state index contributed by atoms with van der Waals surface area (Å²) in [5.41, 5.74) is 3.14. The van der Waals surface area contributed by atoms with Gasteiger partial charge in [0.2, 0.25) is 0 Å². The van der Waals surface area contributed by atoms with Gasteiger partial charge >= 0.3 is 0 Å². The van der Waals surface area contributed by atoms with Gasteiger partial charge in [0.15, 0.2) is 0 Å². The van der Waals surface area contributed by atoms with Crippen LogP contribution in [0.15, 0.2) is 29.3 Å². The summed E-state index contributed by atoms with van der Waals surface area (Å²) in [5.74, 6) is 1.43. The Balaban J connectivity index is 2.13. The molecular formula is C16H24N2. The molecular weight excluding hydrogens is 220 g/mol. The van der Waals surface area contributed by atoms with Gasteiger partial charge in [-0.05, 0) is 49.1 Å². The highest BCUT2D eigenvalue weighted by Crippen LogP contribution is 2.43. The van der Waals surface area contributed by atoms with Crippen molar-refractivity contribution in [2.24, 2.45) is 4.99 Å². The molecule has 0 aliphatic heterocycles. The Morgan fingerprint density at radius 2 is 1.89 bits per heavy atom. The molecule has 1 aliphatic rings. The van der Waals surface area contributed by atoms with E-state index < -0.39 is 0 Å². The Morgan fingerprint density at radius 3 is 2.44 bits per heavy atom. The SMILES string of the molecule is C=NCN(CC)CC1CC(CC)c2ccccc21. The Kier molecular flexibility index (Phi) is 4.54. The van der Waals surface area contributed by atoms with Crippen LogP contribution in [-0.2, 0) is 0 Å². The fourth-order valence-electron chi connectivity index (χ4n) is 3.15. The minimum absolute atomic E-state index is 0.674. The first-order valence-corrected chi connectivity index (χ1v) is 7.03. The van der Waals surface area contributed by atoms with Gasteiger partial charge in [0.1, 0.15) is 0 Å². The molecule has 0 saturated heterocycles. The zero-order valence-electron chi connectivity index (χ0n) is 11.6. The number of fused-ring (bicyclic) bond motifs is 1. The summed E-state index contributed by atoms with van der Waals surface area (Å²) >= 11 is 0. The lowest BCUT2D eigenvalue weighted by molar-refractivity contribution is 0.274. The van der Waals surface area contributed by atoms with E-state index in [0.29, 0.717) is 5.92 Å². The maximum absolute atomic E-state index is 4.02. The molecule has 1 aromatic carbocycles. The van der Waals surface area contributed by atoms with Crippen LogP contribution in [0.1, 0.15) is 49.7 Å². The summed E-state index contributed by atoms with van der Waals surface area (Å²) in [5, 5.41) is 0. The summed E-state index contributed by atoms with van der Waals surface area (Å²) in [4.78, 5) is 6.40. The highest BCUT2D eigenvalue weighted by Gasteiger charge is 2.30. The van der Waals surface area contributed by atoms with E-state index in [9.17, 15) is 0 Å². The molecule has 0 bridgehead atoms. The van der Waals surface area contributed by atoms with E-state index >= 15 is 0 Å². The first-order valence-electron chi connectivity index (χ1n) is 7.03. The van der Waals surface area contributed by atoms with Crippen molar-refractivity contribution in [1.29, 1.82) is 0 Å². The molecule has 2 heteroatoms. The average Bonchev–Trinajstić information content (AvgIpc) is 2.76. The summed E-state index contributed by atoms with van der Waals surface area (Å²) in [6.07, 6.45) is 2.54. The summed E-state index contributed by atoms with van der Waals surface area (Å²) in [6.45, 7) is 11.0. The van der Waals surface area contributed by atoms with E-state index in [0.717, 1.165) is 25.7 Å². The molecule has 1 aliphatic carbocycles. The number of rotatable bonds is 6. The molecule has 0 radical (unpaired) electrons. The quantitative estimate of drug-likeness (QED) is 0.697. The van der Waals surface area contributed by atoms with Crippen molar-refractivity contribution in [3.8, 4) is 0 Å². The van der Waals surface area contributed by atoms with E-state index in [1.54, 1.807) is 11.1 Å². The van der Waals surface area contributed by atoms with E-state index in [1.807, 2.05) is 0 Å². The van der Waals surface area contributed by atoms with E-state index in [1.165, 1.54) is 12.8 Å². The van der Waals surface area contributed by atoms with Crippen LogP contribution >= 0.6 is 0 Å².